The fraction of sp³-hybridized carbons (Fsp3) is 0.179. The molecule has 0 spiro atoms. The summed E-state index contributed by atoms with van der Waals surface area (Å²) < 4.78 is 18.6. The van der Waals surface area contributed by atoms with Crippen molar-refractivity contribution in [1.82, 2.24) is 4.57 Å². The van der Waals surface area contributed by atoms with Crippen LogP contribution < -0.4 is 19.6 Å². The van der Waals surface area contributed by atoms with Crippen LogP contribution in [0.2, 0.25) is 5.02 Å². The number of halogens is 1. The zero-order valence-corrected chi connectivity index (χ0v) is 21.9. The number of carbonyl (C=O) groups excluding carboxylic acids is 1. The van der Waals surface area contributed by atoms with Crippen LogP contribution in [0, 0.1) is 0 Å². The first kappa shape index (κ1) is 24.8. The summed E-state index contributed by atoms with van der Waals surface area (Å²) in [6.07, 6.45) is 1.69. The predicted molar refractivity (Wildman–Crippen MR) is 143 cm³/mol. The van der Waals surface area contributed by atoms with Gasteiger partial charge in [-0.1, -0.05) is 47.2 Å². The van der Waals surface area contributed by atoms with Crippen LogP contribution in [-0.4, -0.2) is 24.3 Å². The van der Waals surface area contributed by atoms with Gasteiger partial charge in [0.15, 0.2) is 4.80 Å². The molecule has 1 unspecified atom stereocenters. The minimum Gasteiger partial charge on any atom is -0.497 e. The van der Waals surface area contributed by atoms with Crippen LogP contribution in [-0.2, 0) is 9.53 Å². The third kappa shape index (κ3) is 4.77. The van der Waals surface area contributed by atoms with E-state index in [1.165, 1.54) is 11.3 Å². The van der Waals surface area contributed by atoms with E-state index < -0.39 is 12.0 Å². The van der Waals surface area contributed by atoms with Crippen molar-refractivity contribution in [3.05, 3.63) is 108 Å². The second-order valence-electron chi connectivity index (χ2n) is 8.29. The van der Waals surface area contributed by atoms with E-state index in [0.29, 0.717) is 42.9 Å². The number of furan rings is 1. The zero-order chi connectivity index (χ0) is 26.1. The van der Waals surface area contributed by atoms with Crippen molar-refractivity contribution in [2.24, 2.45) is 4.99 Å². The van der Waals surface area contributed by atoms with Gasteiger partial charge in [0, 0.05) is 16.7 Å². The van der Waals surface area contributed by atoms with E-state index in [0.717, 1.165) is 11.1 Å². The number of hydrogen-bond donors (Lipinski definition) is 0. The van der Waals surface area contributed by atoms with Gasteiger partial charge in [0.05, 0.1) is 35.6 Å². The van der Waals surface area contributed by atoms with E-state index in [2.05, 4.69) is 4.99 Å². The molecular weight excluding hydrogens is 512 g/mol. The van der Waals surface area contributed by atoms with Gasteiger partial charge in [0.25, 0.3) is 5.56 Å². The number of aromatic nitrogens is 1. The van der Waals surface area contributed by atoms with Crippen LogP contribution in [0.3, 0.4) is 0 Å². The van der Waals surface area contributed by atoms with Gasteiger partial charge in [-0.3, -0.25) is 9.36 Å². The highest BCUT2D eigenvalue weighted by Crippen LogP contribution is 2.31. The first-order valence-electron chi connectivity index (χ1n) is 11.6. The lowest BCUT2D eigenvalue weighted by Gasteiger charge is -2.24. The molecule has 0 bridgehead atoms. The van der Waals surface area contributed by atoms with Gasteiger partial charge in [-0.25, -0.2) is 9.79 Å². The lowest BCUT2D eigenvalue weighted by Crippen LogP contribution is -2.39. The van der Waals surface area contributed by atoms with Crippen molar-refractivity contribution >= 4 is 35.0 Å². The first-order chi connectivity index (χ1) is 17.9. The maximum Gasteiger partial charge on any atom is 0.338 e. The molecule has 3 heterocycles. The summed E-state index contributed by atoms with van der Waals surface area (Å²) in [6.45, 7) is 3.71. The number of carbonyl (C=O) groups is 1. The Hall–Kier alpha value is -3.88. The van der Waals surface area contributed by atoms with Crippen LogP contribution >= 0.6 is 22.9 Å². The summed E-state index contributed by atoms with van der Waals surface area (Å²) in [4.78, 5) is 31.8. The van der Waals surface area contributed by atoms with Crippen molar-refractivity contribution in [1.29, 1.82) is 0 Å². The van der Waals surface area contributed by atoms with Crippen LogP contribution in [0.4, 0.5) is 0 Å². The Balaban J connectivity index is 1.63. The molecular formula is C28H23ClN2O5S. The number of methoxy groups -OCH3 is 1. The Kier molecular flexibility index (Phi) is 6.86. The predicted octanol–water partition coefficient (Wildman–Crippen LogP) is 4.72. The number of benzene rings is 2. The molecule has 7 nitrogen and oxygen atoms in total. The van der Waals surface area contributed by atoms with Gasteiger partial charge in [-0.2, -0.15) is 0 Å². The zero-order valence-electron chi connectivity index (χ0n) is 20.4. The van der Waals surface area contributed by atoms with Gasteiger partial charge in [0.2, 0.25) is 0 Å². The quantitative estimate of drug-likeness (QED) is 0.334. The fourth-order valence-electron chi connectivity index (χ4n) is 4.25. The van der Waals surface area contributed by atoms with Crippen molar-refractivity contribution in [3.8, 4) is 17.1 Å². The van der Waals surface area contributed by atoms with Crippen molar-refractivity contribution in [2.45, 2.75) is 19.9 Å². The molecule has 0 N–H and O–H groups in total. The second-order valence-corrected chi connectivity index (χ2v) is 9.73. The van der Waals surface area contributed by atoms with E-state index in [1.54, 1.807) is 55.9 Å². The summed E-state index contributed by atoms with van der Waals surface area (Å²) in [7, 11) is 1.58. The maximum atomic E-state index is 13.7. The van der Waals surface area contributed by atoms with Crippen LogP contribution in [0.15, 0.2) is 86.1 Å². The molecule has 1 aliphatic rings. The third-order valence-corrected chi connectivity index (χ3v) is 7.18. The lowest BCUT2D eigenvalue weighted by atomic mass is 9.96. The molecule has 0 aliphatic carbocycles. The van der Waals surface area contributed by atoms with Crippen molar-refractivity contribution in [2.75, 3.05) is 13.7 Å². The minimum atomic E-state index is -0.693. The fourth-order valence-corrected chi connectivity index (χ4v) is 5.47. The maximum absolute atomic E-state index is 13.7. The highest BCUT2D eigenvalue weighted by molar-refractivity contribution is 7.07. The normalized spacial score (nSPS) is 15.4. The van der Waals surface area contributed by atoms with Gasteiger partial charge in [-0.05, 0) is 55.8 Å². The standard InChI is InChI=1S/C28H23ClN2O5S/c1-4-35-27(33)24-16(2)30-28-31(25(24)17-8-10-20(34-3)11-9-17)26(32)23(37-28)15-21-12-13-22(36-21)18-6-5-7-19(29)14-18/h5-15,25H,4H2,1-3H3. The minimum absolute atomic E-state index is 0.211. The van der Waals surface area contributed by atoms with Gasteiger partial charge in [0.1, 0.15) is 17.3 Å². The van der Waals surface area contributed by atoms with Crippen LogP contribution in [0.25, 0.3) is 17.4 Å². The van der Waals surface area contributed by atoms with Gasteiger partial charge in [-0.15, -0.1) is 0 Å². The summed E-state index contributed by atoms with van der Waals surface area (Å²) >= 11 is 7.35. The van der Waals surface area contributed by atoms with Crippen molar-refractivity contribution in [3.63, 3.8) is 0 Å². The van der Waals surface area contributed by atoms with E-state index in [-0.39, 0.29) is 12.2 Å². The number of thiazole rings is 1. The molecule has 0 fully saturated rings. The molecule has 1 atom stereocenters. The first-order valence-corrected chi connectivity index (χ1v) is 12.8. The highest BCUT2D eigenvalue weighted by Gasteiger charge is 2.33. The summed E-state index contributed by atoms with van der Waals surface area (Å²) in [5.74, 6) is 1.32. The van der Waals surface area contributed by atoms with E-state index in [9.17, 15) is 9.59 Å². The molecule has 188 valence electrons. The topological polar surface area (TPSA) is 83.0 Å². The number of esters is 1. The summed E-state index contributed by atoms with van der Waals surface area (Å²) in [6, 6.07) is 17.5. The van der Waals surface area contributed by atoms with Gasteiger partial charge >= 0.3 is 5.97 Å². The Morgan fingerprint density at radius 2 is 1.97 bits per heavy atom. The molecule has 0 radical (unpaired) electrons. The van der Waals surface area contributed by atoms with Gasteiger partial charge < -0.3 is 13.9 Å². The molecule has 1 aliphatic heterocycles. The highest BCUT2D eigenvalue weighted by atomic mass is 35.5. The number of hydrogen-bond acceptors (Lipinski definition) is 7. The second kappa shape index (κ2) is 10.2. The van der Waals surface area contributed by atoms with E-state index in [1.807, 2.05) is 36.4 Å². The number of fused-ring (bicyclic) bond motifs is 1. The summed E-state index contributed by atoms with van der Waals surface area (Å²) in [5.41, 5.74) is 2.13. The Labute approximate surface area is 221 Å². The number of nitrogens with zero attached hydrogens (tertiary/aromatic N) is 2. The Morgan fingerprint density at radius 3 is 2.68 bits per heavy atom. The van der Waals surface area contributed by atoms with Crippen LogP contribution in [0.1, 0.15) is 31.2 Å². The van der Waals surface area contributed by atoms with Crippen molar-refractivity contribution < 1.29 is 18.7 Å². The molecule has 9 heteroatoms. The number of rotatable bonds is 6. The molecule has 37 heavy (non-hydrogen) atoms. The van der Waals surface area contributed by atoms with E-state index in [4.69, 9.17) is 25.5 Å². The largest absolute Gasteiger partial charge is 0.497 e. The molecule has 0 saturated carbocycles. The molecule has 4 aromatic rings. The SMILES string of the molecule is CCOC(=O)C1=C(C)N=c2sc(=Cc3ccc(-c4cccc(Cl)c4)o3)c(=O)n2C1c1ccc(OC)cc1. The molecule has 0 saturated heterocycles. The molecule has 0 amide bonds. The molecule has 2 aromatic heterocycles. The molecule has 2 aromatic carbocycles. The Morgan fingerprint density at radius 1 is 1.19 bits per heavy atom. The van der Waals surface area contributed by atoms with E-state index >= 15 is 0 Å². The summed E-state index contributed by atoms with van der Waals surface area (Å²) in [5, 5.41) is 0.607. The van der Waals surface area contributed by atoms with Crippen LogP contribution in [0.5, 0.6) is 5.75 Å². The third-order valence-electron chi connectivity index (χ3n) is 5.96. The smallest absolute Gasteiger partial charge is 0.338 e. The average molecular weight is 535 g/mol. The number of ether oxygens (including phenoxy) is 2. The monoisotopic (exact) mass is 534 g/mol. The Bertz CT molecular complexity index is 1700. The molecule has 5 rings (SSSR count). The average Bonchev–Trinajstić information content (AvgIpc) is 3.48. The number of allylic oxidation sites excluding steroid dienone is 1. The lowest BCUT2D eigenvalue weighted by molar-refractivity contribution is -0.139.